The second-order valence-electron chi connectivity index (χ2n) is 7.81. The molecule has 2 aromatic rings. The fourth-order valence-electron chi connectivity index (χ4n) is 3.89. The number of allylic oxidation sites excluding steroid dienone is 3. The number of hydrogen-bond acceptors (Lipinski definition) is 6. The van der Waals surface area contributed by atoms with Crippen LogP contribution in [0.2, 0.25) is 0 Å². The van der Waals surface area contributed by atoms with Crippen molar-refractivity contribution in [2.45, 2.75) is 50.0 Å². The maximum Gasteiger partial charge on any atom is 0.243 e. The molecule has 170 valence electrons. The standard InChI is InChI=1S/C23H27ClN4O2S2/c1-2-18-7-9-20(10-8-18)32(29,30)27-15-11-19(12-16-27)28(23-17-25-13-14-26-23)31-22-6-4-3-5-21(22)24/h5-10,13-14,17,19H,2-4,11-12,15-16H2,1H3. The minimum Gasteiger partial charge on any atom is -0.292 e. The predicted octanol–water partition coefficient (Wildman–Crippen LogP) is 5.15. The van der Waals surface area contributed by atoms with Crippen LogP contribution in [0.15, 0.2) is 69.8 Å². The van der Waals surface area contributed by atoms with Crippen LogP contribution in [0.1, 0.15) is 38.2 Å². The Morgan fingerprint density at radius 1 is 1.12 bits per heavy atom. The summed E-state index contributed by atoms with van der Waals surface area (Å²) >= 11 is 8.01. The van der Waals surface area contributed by atoms with E-state index in [0.717, 1.165) is 40.6 Å². The highest BCUT2D eigenvalue weighted by Gasteiger charge is 2.33. The van der Waals surface area contributed by atoms with Crippen molar-refractivity contribution in [3.8, 4) is 0 Å². The van der Waals surface area contributed by atoms with Crippen molar-refractivity contribution in [3.05, 3.63) is 70.5 Å². The van der Waals surface area contributed by atoms with Crippen LogP contribution in [0.5, 0.6) is 0 Å². The van der Waals surface area contributed by atoms with Gasteiger partial charge in [0.2, 0.25) is 10.0 Å². The van der Waals surface area contributed by atoms with Crippen LogP contribution in [-0.2, 0) is 16.4 Å². The van der Waals surface area contributed by atoms with Crippen molar-refractivity contribution >= 4 is 39.4 Å². The van der Waals surface area contributed by atoms with Crippen molar-refractivity contribution in [2.75, 3.05) is 17.4 Å². The molecule has 32 heavy (non-hydrogen) atoms. The average Bonchev–Trinajstić information content (AvgIpc) is 2.84. The first-order valence-electron chi connectivity index (χ1n) is 10.9. The van der Waals surface area contributed by atoms with Crippen molar-refractivity contribution in [1.29, 1.82) is 0 Å². The van der Waals surface area contributed by atoms with E-state index in [4.69, 9.17) is 11.6 Å². The van der Waals surface area contributed by atoms with Gasteiger partial charge >= 0.3 is 0 Å². The molecule has 2 heterocycles. The smallest absolute Gasteiger partial charge is 0.243 e. The van der Waals surface area contributed by atoms with E-state index in [1.165, 1.54) is 0 Å². The Morgan fingerprint density at radius 2 is 1.84 bits per heavy atom. The van der Waals surface area contributed by atoms with Crippen molar-refractivity contribution in [1.82, 2.24) is 14.3 Å². The molecule has 9 heteroatoms. The van der Waals surface area contributed by atoms with Crippen LogP contribution in [0, 0.1) is 0 Å². The van der Waals surface area contributed by atoms with Crippen LogP contribution < -0.4 is 4.31 Å². The molecular weight excluding hydrogens is 464 g/mol. The van der Waals surface area contributed by atoms with Gasteiger partial charge in [-0.05, 0) is 61.7 Å². The number of nitrogens with zero attached hydrogens (tertiary/aromatic N) is 4. The molecule has 0 atom stereocenters. The summed E-state index contributed by atoms with van der Waals surface area (Å²) in [6.07, 6.45) is 13.4. The molecule has 1 aromatic carbocycles. The topological polar surface area (TPSA) is 66.4 Å². The Balaban J connectivity index is 1.49. The monoisotopic (exact) mass is 490 g/mol. The zero-order chi connectivity index (χ0) is 22.6. The Morgan fingerprint density at radius 3 is 2.47 bits per heavy atom. The molecule has 0 bridgehead atoms. The van der Waals surface area contributed by atoms with Crippen LogP contribution >= 0.6 is 23.5 Å². The maximum absolute atomic E-state index is 13.1. The van der Waals surface area contributed by atoms with Gasteiger partial charge in [0, 0.05) is 36.4 Å². The fourth-order valence-corrected chi connectivity index (χ4v) is 6.77. The van der Waals surface area contributed by atoms with Crippen LogP contribution in [0.25, 0.3) is 0 Å². The molecule has 4 rings (SSSR count). The van der Waals surface area contributed by atoms with Gasteiger partial charge in [0.1, 0.15) is 0 Å². The van der Waals surface area contributed by atoms with E-state index in [0.29, 0.717) is 30.8 Å². The van der Waals surface area contributed by atoms with Crippen LogP contribution in [-0.4, -0.2) is 41.8 Å². The number of aryl methyl sites for hydroxylation is 1. The molecule has 0 radical (unpaired) electrons. The van der Waals surface area contributed by atoms with Crippen molar-refractivity contribution < 1.29 is 8.42 Å². The molecule has 1 saturated heterocycles. The highest BCUT2D eigenvalue weighted by molar-refractivity contribution is 8.04. The van der Waals surface area contributed by atoms with Gasteiger partial charge in [-0.3, -0.25) is 9.29 Å². The number of benzene rings is 1. The Kier molecular flexibility index (Phi) is 7.55. The molecule has 1 aliphatic carbocycles. The Hall–Kier alpha value is -1.87. The van der Waals surface area contributed by atoms with E-state index in [1.807, 2.05) is 18.2 Å². The van der Waals surface area contributed by atoms with E-state index < -0.39 is 10.0 Å². The van der Waals surface area contributed by atoms with E-state index in [-0.39, 0.29) is 6.04 Å². The summed E-state index contributed by atoms with van der Waals surface area (Å²) in [6.45, 7) is 2.98. The first kappa shape index (κ1) is 23.3. The van der Waals surface area contributed by atoms with Crippen molar-refractivity contribution in [2.24, 2.45) is 0 Å². The molecule has 0 spiro atoms. The largest absolute Gasteiger partial charge is 0.292 e. The molecule has 1 aromatic heterocycles. The van der Waals surface area contributed by atoms with Gasteiger partial charge in [-0.1, -0.05) is 42.8 Å². The molecule has 2 aliphatic rings. The summed E-state index contributed by atoms with van der Waals surface area (Å²) in [4.78, 5) is 10.1. The normalized spacial score (nSPS) is 18.2. The second-order valence-corrected chi connectivity index (χ2v) is 11.2. The van der Waals surface area contributed by atoms with Gasteiger partial charge in [-0.25, -0.2) is 13.4 Å². The zero-order valence-electron chi connectivity index (χ0n) is 18.0. The Labute approximate surface area is 199 Å². The summed E-state index contributed by atoms with van der Waals surface area (Å²) in [6, 6.07) is 7.33. The van der Waals surface area contributed by atoms with Gasteiger partial charge in [0.15, 0.2) is 5.82 Å². The van der Waals surface area contributed by atoms with E-state index in [2.05, 4.69) is 27.3 Å². The Bertz CT molecular complexity index is 1080. The minimum atomic E-state index is -3.50. The summed E-state index contributed by atoms with van der Waals surface area (Å²) in [5.74, 6) is 0.755. The van der Waals surface area contributed by atoms with Crippen LogP contribution in [0.4, 0.5) is 5.82 Å². The molecule has 1 fully saturated rings. The molecule has 0 saturated carbocycles. The molecule has 0 unspecified atom stereocenters. The molecule has 6 nitrogen and oxygen atoms in total. The quantitative estimate of drug-likeness (QED) is 0.500. The van der Waals surface area contributed by atoms with E-state index >= 15 is 0 Å². The average molecular weight is 491 g/mol. The van der Waals surface area contributed by atoms with E-state index in [1.54, 1.807) is 47.0 Å². The van der Waals surface area contributed by atoms with Gasteiger partial charge in [0.25, 0.3) is 0 Å². The number of rotatable bonds is 7. The lowest BCUT2D eigenvalue weighted by Gasteiger charge is -2.38. The summed E-state index contributed by atoms with van der Waals surface area (Å²) < 4.78 is 30.0. The van der Waals surface area contributed by atoms with Gasteiger partial charge in [0.05, 0.1) is 16.1 Å². The highest BCUT2D eigenvalue weighted by Crippen LogP contribution is 2.39. The van der Waals surface area contributed by atoms with Crippen LogP contribution in [0.3, 0.4) is 0 Å². The van der Waals surface area contributed by atoms with Gasteiger partial charge < -0.3 is 0 Å². The first-order chi connectivity index (χ1) is 15.5. The third kappa shape index (κ3) is 5.20. The molecule has 0 amide bonds. The number of aromatic nitrogens is 2. The summed E-state index contributed by atoms with van der Waals surface area (Å²) in [7, 11) is -3.50. The number of sulfonamides is 1. The highest BCUT2D eigenvalue weighted by atomic mass is 35.5. The number of halogens is 1. The molecular formula is C23H27ClN4O2S2. The number of anilines is 1. The lowest BCUT2D eigenvalue weighted by molar-refractivity contribution is 0.322. The number of piperidine rings is 1. The molecule has 1 aliphatic heterocycles. The summed E-state index contributed by atoms with van der Waals surface area (Å²) in [5.41, 5.74) is 1.13. The lowest BCUT2D eigenvalue weighted by Crippen LogP contribution is -2.45. The van der Waals surface area contributed by atoms with Crippen molar-refractivity contribution in [3.63, 3.8) is 0 Å². The molecule has 0 N–H and O–H groups in total. The third-order valence-electron chi connectivity index (χ3n) is 5.75. The fraction of sp³-hybridized carbons (Fsp3) is 0.391. The SMILES string of the molecule is CCc1ccc(S(=O)(=O)N2CCC(N(SC3=CCCC=C3Cl)c3cnccn3)CC2)cc1. The number of hydrogen-bond donors (Lipinski definition) is 0. The summed E-state index contributed by atoms with van der Waals surface area (Å²) in [5, 5.41) is 0.755. The zero-order valence-corrected chi connectivity index (χ0v) is 20.4. The van der Waals surface area contributed by atoms with E-state index in [9.17, 15) is 8.42 Å². The second kappa shape index (κ2) is 10.4. The predicted molar refractivity (Wildman–Crippen MR) is 131 cm³/mol. The van der Waals surface area contributed by atoms with Gasteiger partial charge in [-0.15, -0.1) is 0 Å². The minimum absolute atomic E-state index is 0.123. The van der Waals surface area contributed by atoms with Gasteiger partial charge in [-0.2, -0.15) is 4.31 Å². The third-order valence-corrected chi connectivity index (χ3v) is 9.40. The first-order valence-corrected chi connectivity index (χ1v) is 13.5. The lowest BCUT2D eigenvalue weighted by atomic mass is 10.1. The maximum atomic E-state index is 13.1.